The molecule has 0 spiro atoms. The topological polar surface area (TPSA) is 145 Å². The summed E-state index contributed by atoms with van der Waals surface area (Å²) < 4.78 is 4.97. The Hall–Kier alpha value is -4.31. The van der Waals surface area contributed by atoms with Crippen molar-refractivity contribution in [2.45, 2.75) is 33.3 Å². The maximum atomic E-state index is 11.8. The van der Waals surface area contributed by atoms with Gasteiger partial charge in [0.05, 0.1) is 22.6 Å². The fourth-order valence-electron chi connectivity index (χ4n) is 2.85. The molecule has 0 N–H and O–H groups in total. The maximum absolute atomic E-state index is 11.8. The van der Waals surface area contributed by atoms with Gasteiger partial charge in [0.25, 0.3) is 5.69 Å². The predicted molar refractivity (Wildman–Crippen MR) is 117 cm³/mol. The number of rotatable bonds is 9. The molecular formula is C22H22N6O4. The molecule has 164 valence electrons. The van der Waals surface area contributed by atoms with Crippen molar-refractivity contribution in [3.8, 4) is 12.1 Å². The Kier molecular flexibility index (Phi) is 8.37. The fourth-order valence-corrected chi connectivity index (χ4v) is 2.85. The van der Waals surface area contributed by atoms with Crippen LogP contribution in [0, 0.1) is 39.7 Å². The lowest BCUT2D eigenvalue weighted by Crippen LogP contribution is -2.27. The summed E-state index contributed by atoms with van der Waals surface area (Å²) >= 11 is 0. The van der Waals surface area contributed by atoms with E-state index in [1.54, 1.807) is 6.07 Å². The standard InChI is InChI=1S/C22H22N6O4/c1-4-27(10-9-22(29)32-16(3)13-23)18-5-7-20(15(2)11-18)25-26-21-8-6-19(28(30)31)12-17(21)14-24/h5-8,11-12,16H,4,9-10H2,1-3H3/b26-25+. The average molecular weight is 434 g/mol. The van der Waals surface area contributed by atoms with E-state index >= 15 is 0 Å². The van der Waals surface area contributed by atoms with Crippen LogP contribution in [-0.2, 0) is 9.53 Å². The number of carbonyl (C=O) groups is 1. The minimum absolute atomic E-state index is 0.0620. The van der Waals surface area contributed by atoms with Crippen LogP contribution in [0.4, 0.5) is 22.7 Å². The Morgan fingerprint density at radius 2 is 1.91 bits per heavy atom. The molecule has 1 atom stereocenters. The average Bonchev–Trinajstić information content (AvgIpc) is 2.78. The summed E-state index contributed by atoms with van der Waals surface area (Å²) in [5.74, 6) is -0.434. The van der Waals surface area contributed by atoms with E-state index in [4.69, 9.17) is 10.00 Å². The van der Waals surface area contributed by atoms with Gasteiger partial charge >= 0.3 is 5.97 Å². The van der Waals surface area contributed by atoms with Crippen LogP contribution in [-0.4, -0.2) is 30.1 Å². The Morgan fingerprint density at radius 1 is 1.22 bits per heavy atom. The molecule has 2 aromatic rings. The Bertz CT molecular complexity index is 1120. The van der Waals surface area contributed by atoms with E-state index in [9.17, 15) is 20.2 Å². The Morgan fingerprint density at radius 3 is 2.50 bits per heavy atom. The number of nitro groups is 1. The highest BCUT2D eigenvalue weighted by Gasteiger charge is 2.13. The molecule has 0 fully saturated rings. The number of anilines is 1. The number of nitrogens with zero attached hydrogens (tertiary/aromatic N) is 6. The third-order valence-corrected chi connectivity index (χ3v) is 4.58. The number of aryl methyl sites for hydroxylation is 1. The van der Waals surface area contributed by atoms with Gasteiger partial charge in [-0.3, -0.25) is 14.9 Å². The van der Waals surface area contributed by atoms with Crippen LogP contribution in [0.5, 0.6) is 0 Å². The second-order valence-corrected chi connectivity index (χ2v) is 6.83. The molecule has 0 heterocycles. The lowest BCUT2D eigenvalue weighted by molar-refractivity contribution is -0.384. The third-order valence-electron chi connectivity index (χ3n) is 4.58. The molecule has 0 amide bonds. The summed E-state index contributed by atoms with van der Waals surface area (Å²) in [5.41, 5.74) is 2.40. The van der Waals surface area contributed by atoms with Crippen molar-refractivity contribution in [2.24, 2.45) is 10.2 Å². The van der Waals surface area contributed by atoms with Gasteiger partial charge in [0.1, 0.15) is 17.8 Å². The molecule has 0 saturated heterocycles. The smallest absolute Gasteiger partial charge is 0.308 e. The number of non-ortho nitro benzene ring substituents is 1. The largest absolute Gasteiger partial charge is 0.447 e. The monoisotopic (exact) mass is 434 g/mol. The molecule has 0 radical (unpaired) electrons. The number of nitriles is 2. The van der Waals surface area contributed by atoms with Crippen molar-refractivity contribution in [3.63, 3.8) is 0 Å². The molecular weight excluding hydrogens is 412 g/mol. The van der Waals surface area contributed by atoms with E-state index < -0.39 is 17.0 Å². The van der Waals surface area contributed by atoms with E-state index in [1.165, 1.54) is 19.1 Å². The van der Waals surface area contributed by atoms with Crippen molar-refractivity contribution in [1.29, 1.82) is 10.5 Å². The molecule has 0 aliphatic heterocycles. The normalized spacial score (nSPS) is 11.4. The summed E-state index contributed by atoms with van der Waals surface area (Å²) in [5, 5.41) is 37.1. The van der Waals surface area contributed by atoms with Crippen LogP contribution < -0.4 is 4.90 Å². The van der Waals surface area contributed by atoms with Crippen LogP contribution in [0.25, 0.3) is 0 Å². The summed E-state index contributed by atoms with van der Waals surface area (Å²) in [7, 11) is 0. The van der Waals surface area contributed by atoms with Gasteiger partial charge in [-0.15, -0.1) is 5.11 Å². The van der Waals surface area contributed by atoms with E-state index in [2.05, 4.69) is 10.2 Å². The van der Waals surface area contributed by atoms with Gasteiger partial charge in [-0.1, -0.05) is 0 Å². The van der Waals surface area contributed by atoms with Gasteiger partial charge in [0, 0.05) is 30.9 Å². The number of hydrogen-bond acceptors (Lipinski definition) is 9. The quantitative estimate of drug-likeness (QED) is 0.237. The highest BCUT2D eigenvalue weighted by atomic mass is 16.6. The first-order valence-electron chi connectivity index (χ1n) is 9.84. The molecule has 0 saturated carbocycles. The first-order chi connectivity index (χ1) is 15.3. The SMILES string of the molecule is CCN(CCC(=O)OC(C)C#N)c1ccc(/N=N/c2ccc([N+](=O)[O-])cc2C#N)c(C)c1. The number of ether oxygens (including phenoxy) is 1. The van der Waals surface area contributed by atoms with Gasteiger partial charge in [-0.2, -0.15) is 15.6 Å². The molecule has 32 heavy (non-hydrogen) atoms. The Balaban J connectivity index is 2.14. The maximum Gasteiger partial charge on any atom is 0.308 e. The lowest BCUT2D eigenvalue weighted by atomic mass is 10.1. The highest BCUT2D eigenvalue weighted by Crippen LogP contribution is 2.29. The second-order valence-electron chi connectivity index (χ2n) is 6.83. The summed E-state index contributed by atoms with van der Waals surface area (Å²) in [6, 6.07) is 13.1. The van der Waals surface area contributed by atoms with Crippen molar-refractivity contribution in [2.75, 3.05) is 18.0 Å². The summed E-state index contributed by atoms with van der Waals surface area (Å²) in [6.45, 7) is 6.43. The third kappa shape index (κ3) is 6.34. The van der Waals surface area contributed by atoms with Gasteiger partial charge in [0.2, 0.25) is 0 Å². The van der Waals surface area contributed by atoms with Crippen molar-refractivity contribution in [1.82, 2.24) is 0 Å². The highest BCUT2D eigenvalue weighted by molar-refractivity contribution is 5.71. The first kappa shape index (κ1) is 24.0. The van der Waals surface area contributed by atoms with Crippen LogP contribution >= 0.6 is 0 Å². The number of azo groups is 1. The van der Waals surface area contributed by atoms with Gasteiger partial charge < -0.3 is 9.64 Å². The van der Waals surface area contributed by atoms with Crippen LogP contribution in [0.1, 0.15) is 31.4 Å². The minimum Gasteiger partial charge on any atom is -0.447 e. The van der Waals surface area contributed by atoms with Crippen LogP contribution in [0.2, 0.25) is 0 Å². The van der Waals surface area contributed by atoms with E-state index in [0.29, 0.717) is 18.8 Å². The zero-order valence-electron chi connectivity index (χ0n) is 18.0. The number of hydrogen-bond donors (Lipinski definition) is 0. The number of esters is 1. The van der Waals surface area contributed by atoms with Crippen molar-refractivity contribution >= 4 is 28.7 Å². The number of benzene rings is 2. The molecule has 0 bridgehead atoms. The van der Waals surface area contributed by atoms with Crippen LogP contribution in [0.3, 0.4) is 0 Å². The molecule has 2 aromatic carbocycles. The zero-order chi connectivity index (χ0) is 23.7. The predicted octanol–water partition coefficient (Wildman–Crippen LogP) is 4.86. The zero-order valence-corrected chi connectivity index (χ0v) is 18.0. The lowest BCUT2D eigenvalue weighted by Gasteiger charge is -2.23. The van der Waals surface area contributed by atoms with E-state index in [0.717, 1.165) is 17.3 Å². The van der Waals surface area contributed by atoms with E-state index in [1.807, 2.05) is 43.0 Å². The molecule has 10 nitrogen and oxygen atoms in total. The molecule has 2 rings (SSSR count). The summed E-state index contributed by atoms with van der Waals surface area (Å²) in [6.07, 6.45) is -0.626. The fraction of sp³-hybridized carbons (Fsp3) is 0.318. The van der Waals surface area contributed by atoms with E-state index in [-0.39, 0.29) is 23.4 Å². The first-order valence-corrected chi connectivity index (χ1v) is 9.84. The van der Waals surface area contributed by atoms with Gasteiger partial charge in [-0.05, 0) is 50.6 Å². The molecule has 0 aliphatic rings. The van der Waals surface area contributed by atoms with Crippen LogP contribution in [0.15, 0.2) is 46.6 Å². The molecule has 0 aromatic heterocycles. The summed E-state index contributed by atoms with van der Waals surface area (Å²) in [4.78, 5) is 24.1. The Labute approximate surface area is 185 Å². The second kappa shape index (κ2) is 11.2. The molecule has 0 aliphatic carbocycles. The van der Waals surface area contributed by atoms with Gasteiger partial charge in [-0.25, -0.2) is 0 Å². The van der Waals surface area contributed by atoms with Gasteiger partial charge in [0.15, 0.2) is 6.10 Å². The van der Waals surface area contributed by atoms with Crippen molar-refractivity contribution in [3.05, 3.63) is 57.6 Å². The molecule has 1 unspecified atom stereocenters. The van der Waals surface area contributed by atoms with Crippen molar-refractivity contribution < 1.29 is 14.5 Å². The molecule has 10 heteroatoms. The number of nitro benzene ring substituents is 1. The minimum atomic E-state index is -0.776. The number of carbonyl (C=O) groups excluding carboxylic acids is 1.